The molecule has 3 aromatic carbocycles. The summed E-state index contributed by atoms with van der Waals surface area (Å²) < 4.78 is 5.87. The van der Waals surface area contributed by atoms with Gasteiger partial charge in [0.25, 0.3) is 5.91 Å². The van der Waals surface area contributed by atoms with Crippen LogP contribution in [0, 0.1) is 0 Å². The molecule has 176 valence electrons. The summed E-state index contributed by atoms with van der Waals surface area (Å²) >= 11 is 0. The molecule has 0 aliphatic carbocycles. The van der Waals surface area contributed by atoms with Crippen LogP contribution in [0.15, 0.2) is 95.4 Å². The second kappa shape index (κ2) is 8.76. The van der Waals surface area contributed by atoms with Crippen molar-refractivity contribution in [1.29, 1.82) is 0 Å². The number of nitrogens with one attached hydrogen (secondary N) is 1. The van der Waals surface area contributed by atoms with Crippen LogP contribution >= 0.6 is 0 Å². The minimum atomic E-state index is -1.40. The van der Waals surface area contributed by atoms with Crippen molar-refractivity contribution in [3.63, 3.8) is 0 Å². The number of hydrogen-bond donors (Lipinski definition) is 1. The fraction of sp³-hybridized carbons (Fsp3) is 0.179. The van der Waals surface area contributed by atoms with Crippen LogP contribution in [-0.2, 0) is 15.1 Å². The summed E-state index contributed by atoms with van der Waals surface area (Å²) in [5.74, 6) is -0.564. The van der Waals surface area contributed by atoms with E-state index in [0.29, 0.717) is 11.3 Å². The molecule has 1 atom stereocenters. The highest BCUT2D eigenvalue weighted by molar-refractivity contribution is 6.09. The lowest BCUT2D eigenvalue weighted by atomic mass is 9.97. The maximum absolute atomic E-state index is 13.4. The van der Waals surface area contributed by atoms with Gasteiger partial charge in [-0.3, -0.25) is 14.5 Å². The van der Waals surface area contributed by atoms with Crippen molar-refractivity contribution in [2.24, 2.45) is 0 Å². The van der Waals surface area contributed by atoms with Gasteiger partial charge < -0.3 is 14.6 Å². The van der Waals surface area contributed by atoms with Crippen molar-refractivity contribution in [3.8, 4) is 0 Å². The number of rotatable bonds is 6. The highest BCUT2D eigenvalue weighted by Gasteiger charge is 2.52. The Labute approximate surface area is 202 Å². The summed E-state index contributed by atoms with van der Waals surface area (Å²) in [6.45, 7) is 1.21. The quantitative estimate of drug-likeness (QED) is 0.425. The van der Waals surface area contributed by atoms with Gasteiger partial charge in [-0.25, -0.2) is 4.79 Å². The molecule has 1 aromatic heterocycles. The van der Waals surface area contributed by atoms with Crippen LogP contribution in [0.2, 0.25) is 0 Å². The van der Waals surface area contributed by atoms with Gasteiger partial charge in [-0.05, 0) is 30.2 Å². The minimum absolute atomic E-state index is 0.326. The van der Waals surface area contributed by atoms with Crippen LogP contribution in [-0.4, -0.2) is 41.2 Å². The fourth-order valence-corrected chi connectivity index (χ4v) is 4.54. The fourth-order valence-electron chi connectivity index (χ4n) is 4.54. The zero-order valence-electron chi connectivity index (χ0n) is 19.5. The maximum atomic E-state index is 13.4. The molecule has 0 spiro atoms. The third kappa shape index (κ3) is 3.95. The van der Waals surface area contributed by atoms with Gasteiger partial charge in [-0.15, -0.1) is 0 Å². The second-order valence-corrected chi connectivity index (χ2v) is 8.82. The first-order valence-corrected chi connectivity index (χ1v) is 11.4. The third-order valence-electron chi connectivity index (χ3n) is 6.50. The lowest BCUT2D eigenvalue weighted by Crippen LogP contribution is -2.44. The number of hydrogen-bond acceptors (Lipinski definition) is 4. The largest absolute Gasteiger partial charge is 0.458 e. The number of carbonyl (C=O) groups excluding carboxylic acids is 3. The van der Waals surface area contributed by atoms with E-state index in [0.717, 1.165) is 21.4 Å². The summed E-state index contributed by atoms with van der Waals surface area (Å²) in [6.07, 6.45) is 0. The van der Waals surface area contributed by atoms with Gasteiger partial charge >= 0.3 is 6.03 Å². The lowest BCUT2D eigenvalue weighted by molar-refractivity contribution is -0.139. The number of imide groups is 1. The summed E-state index contributed by atoms with van der Waals surface area (Å²) in [4.78, 5) is 42.2. The van der Waals surface area contributed by atoms with Gasteiger partial charge in [0, 0.05) is 12.4 Å². The lowest BCUT2D eigenvalue weighted by Gasteiger charge is -2.30. The molecule has 1 aliphatic heterocycles. The highest BCUT2D eigenvalue weighted by atomic mass is 16.3. The zero-order valence-corrected chi connectivity index (χ0v) is 19.5. The molecule has 5 rings (SSSR count). The Hall–Kier alpha value is -4.39. The molecule has 1 N–H and O–H groups in total. The Balaban J connectivity index is 1.40. The van der Waals surface area contributed by atoms with E-state index >= 15 is 0 Å². The molecule has 1 unspecified atom stereocenters. The Morgan fingerprint density at radius 2 is 1.51 bits per heavy atom. The topological polar surface area (TPSA) is 82.9 Å². The summed E-state index contributed by atoms with van der Waals surface area (Å²) in [6, 6.07) is 27.4. The van der Waals surface area contributed by atoms with Gasteiger partial charge in [0.05, 0.1) is 6.04 Å². The SMILES string of the molecule is CN(C(=O)CN1C(=O)NC(C)(c2cc3ccccc3o2)C1=O)C(c1ccccc1)c1ccccc1. The molecule has 2 heterocycles. The number of para-hydroxylation sites is 1. The van der Waals surface area contributed by atoms with Crippen LogP contribution in [0.25, 0.3) is 11.0 Å². The molecule has 0 bridgehead atoms. The second-order valence-electron chi connectivity index (χ2n) is 8.82. The van der Waals surface area contributed by atoms with Gasteiger partial charge in [0.15, 0.2) is 5.54 Å². The summed E-state index contributed by atoms with van der Waals surface area (Å²) in [5, 5.41) is 3.54. The summed E-state index contributed by atoms with van der Waals surface area (Å²) in [7, 11) is 1.68. The number of fused-ring (bicyclic) bond motifs is 1. The smallest absolute Gasteiger partial charge is 0.325 e. The number of likely N-dealkylation sites (N-methyl/N-ethyl adjacent to an activating group) is 1. The van der Waals surface area contributed by atoms with Crippen LogP contribution in [0.4, 0.5) is 4.79 Å². The first-order valence-electron chi connectivity index (χ1n) is 11.4. The van der Waals surface area contributed by atoms with Crippen LogP contribution in [0.1, 0.15) is 29.9 Å². The Bertz CT molecular complexity index is 1330. The van der Waals surface area contributed by atoms with E-state index in [9.17, 15) is 14.4 Å². The molecule has 1 fully saturated rings. The number of nitrogens with zero attached hydrogens (tertiary/aromatic N) is 2. The summed E-state index contributed by atoms with van der Waals surface area (Å²) in [5.41, 5.74) is 1.08. The van der Waals surface area contributed by atoms with Gasteiger partial charge in [0.1, 0.15) is 17.9 Å². The Morgan fingerprint density at radius 1 is 0.943 bits per heavy atom. The van der Waals surface area contributed by atoms with Crippen molar-refractivity contribution in [2.45, 2.75) is 18.5 Å². The van der Waals surface area contributed by atoms with E-state index in [4.69, 9.17) is 4.42 Å². The van der Waals surface area contributed by atoms with E-state index in [1.807, 2.05) is 78.9 Å². The molecule has 0 saturated carbocycles. The monoisotopic (exact) mass is 467 g/mol. The molecule has 4 aromatic rings. The van der Waals surface area contributed by atoms with Crippen molar-refractivity contribution in [2.75, 3.05) is 13.6 Å². The minimum Gasteiger partial charge on any atom is -0.458 e. The first-order chi connectivity index (χ1) is 16.9. The third-order valence-corrected chi connectivity index (χ3v) is 6.50. The predicted molar refractivity (Wildman–Crippen MR) is 131 cm³/mol. The number of benzene rings is 3. The average molecular weight is 468 g/mol. The predicted octanol–water partition coefficient (Wildman–Crippen LogP) is 4.45. The normalized spacial score (nSPS) is 17.7. The van der Waals surface area contributed by atoms with Crippen LogP contribution < -0.4 is 5.32 Å². The average Bonchev–Trinajstić information content (AvgIpc) is 3.41. The maximum Gasteiger partial charge on any atom is 0.325 e. The molecular formula is C28H25N3O4. The molecule has 35 heavy (non-hydrogen) atoms. The molecule has 7 heteroatoms. The number of urea groups is 1. The molecule has 4 amide bonds. The molecule has 0 radical (unpaired) electrons. The highest BCUT2D eigenvalue weighted by Crippen LogP contribution is 2.33. The van der Waals surface area contributed by atoms with Gasteiger partial charge in [0.2, 0.25) is 5.91 Å². The van der Waals surface area contributed by atoms with Crippen molar-refractivity contribution < 1.29 is 18.8 Å². The zero-order chi connectivity index (χ0) is 24.6. The van der Waals surface area contributed by atoms with Crippen molar-refractivity contribution in [3.05, 3.63) is 108 Å². The van der Waals surface area contributed by atoms with E-state index < -0.39 is 17.5 Å². The van der Waals surface area contributed by atoms with Crippen molar-refractivity contribution in [1.82, 2.24) is 15.1 Å². The van der Waals surface area contributed by atoms with Gasteiger partial charge in [-0.1, -0.05) is 78.9 Å². The Kier molecular flexibility index (Phi) is 5.61. The van der Waals surface area contributed by atoms with E-state index in [1.54, 1.807) is 31.0 Å². The number of amides is 4. The van der Waals surface area contributed by atoms with Crippen molar-refractivity contribution >= 4 is 28.8 Å². The molecule has 1 aliphatic rings. The van der Waals surface area contributed by atoms with Gasteiger partial charge in [-0.2, -0.15) is 0 Å². The first kappa shape index (κ1) is 22.4. The van der Waals surface area contributed by atoms with Crippen LogP contribution in [0.3, 0.4) is 0 Å². The van der Waals surface area contributed by atoms with E-state index in [1.165, 1.54) is 0 Å². The number of furan rings is 1. The molecule has 7 nitrogen and oxygen atoms in total. The molecule has 1 saturated heterocycles. The number of carbonyl (C=O) groups is 3. The van der Waals surface area contributed by atoms with E-state index in [-0.39, 0.29) is 18.5 Å². The van der Waals surface area contributed by atoms with E-state index in [2.05, 4.69) is 5.32 Å². The van der Waals surface area contributed by atoms with Crippen LogP contribution in [0.5, 0.6) is 0 Å². The molecular weight excluding hydrogens is 442 g/mol. The standard InChI is InChI=1S/C28H25N3O4/c1-28(23-17-21-15-9-10-16-22(21)35-23)26(33)31(27(34)29-28)18-24(32)30(2)25(19-11-5-3-6-12-19)20-13-7-4-8-14-20/h3-17,25H,18H2,1-2H3,(H,29,34). The Morgan fingerprint density at radius 3 is 2.11 bits per heavy atom.